The maximum atomic E-state index is 13.6. The molecule has 0 amide bonds. The number of carbonyl (C=O) groups is 1. The first kappa shape index (κ1) is 10.3. The van der Waals surface area contributed by atoms with E-state index in [1.54, 1.807) is 0 Å². The molecular weight excluding hydrogens is 275 g/mol. The summed E-state index contributed by atoms with van der Waals surface area (Å²) in [5.74, 6) is -1.78. The zero-order valence-electron chi connectivity index (χ0n) is 8.52. The molecule has 1 spiro atoms. The largest absolute Gasteiger partial charge is 0.478 e. The molecule has 1 N–H and O–H groups in total. The van der Waals surface area contributed by atoms with E-state index in [2.05, 4.69) is 15.9 Å². The van der Waals surface area contributed by atoms with E-state index in [-0.39, 0.29) is 11.0 Å². The van der Waals surface area contributed by atoms with Crippen LogP contribution < -0.4 is 0 Å². The first-order valence-electron chi connectivity index (χ1n) is 5.30. The quantitative estimate of drug-likeness (QED) is 0.859. The van der Waals surface area contributed by atoms with E-state index < -0.39 is 11.8 Å². The van der Waals surface area contributed by atoms with Gasteiger partial charge in [0.25, 0.3) is 0 Å². The van der Waals surface area contributed by atoms with Gasteiger partial charge in [-0.2, -0.15) is 0 Å². The maximum absolute atomic E-state index is 13.6. The number of hydrogen-bond acceptors (Lipinski definition) is 1. The molecule has 84 valence electrons. The van der Waals surface area contributed by atoms with E-state index in [4.69, 9.17) is 5.11 Å². The average Bonchev–Trinajstić information content (AvgIpc) is 2.83. The van der Waals surface area contributed by atoms with Gasteiger partial charge < -0.3 is 5.11 Å². The summed E-state index contributed by atoms with van der Waals surface area (Å²) in [5, 5.41) is 9.06. The minimum Gasteiger partial charge on any atom is -0.478 e. The standard InChI is InChI=1S/C12H10BrFO2/c13-7-5-8(14)9(11(15)16)6-1-2-12(3-4-12)10(6)7/h5H,1-4H2,(H,15,16). The van der Waals surface area contributed by atoms with Gasteiger partial charge in [-0.15, -0.1) is 0 Å². The van der Waals surface area contributed by atoms with E-state index in [0.717, 1.165) is 29.3 Å². The monoisotopic (exact) mass is 284 g/mol. The van der Waals surface area contributed by atoms with Crippen LogP contribution in [-0.2, 0) is 11.8 Å². The van der Waals surface area contributed by atoms with Crippen molar-refractivity contribution in [1.82, 2.24) is 0 Å². The van der Waals surface area contributed by atoms with Gasteiger partial charge in [-0.1, -0.05) is 15.9 Å². The molecule has 2 nitrogen and oxygen atoms in total. The van der Waals surface area contributed by atoms with E-state index in [9.17, 15) is 9.18 Å². The molecule has 0 heterocycles. The number of benzene rings is 1. The number of carboxylic acids is 1. The molecule has 1 fully saturated rings. The van der Waals surface area contributed by atoms with E-state index in [1.807, 2.05) is 0 Å². The van der Waals surface area contributed by atoms with E-state index in [1.165, 1.54) is 6.07 Å². The summed E-state index contributed by atoms with van der Waals surface area (Å²) in [4.78, 5) is 11.1. The Kier molecular flexibility index (Phi) is 1.97. The normalized spacial score (nSPS) is 19.9. The molecule has 1 aromatic rings. The second-order valence-electron chi connectivity index (χ2n) is 4.65. The summed E-state index contributed by atoms with van der Waals surface area (Å²) < 4.78 is 14.4. The van der Waals surface area contributed by atoms with Crippen molar-refractivity contribution in [2.24, 2.45) is 0 Å². The van der Waals surface area contributed by atoms with Gasteiger partial charge in [-0.25, -0.2) is 9.18 Å². The van der Waals surface area contributed by atoms with Gasteiger partial charge >= 0.3 is 5.97 Å². The fourth-order valence-electron chi connectivity index (χ4n) is 2.86. The molecular formula is C12H10BrFO2. The highest BCUT2D eigenvalue weighted by Gasteiger charge is 2.51. The minimum atomic E-state index is -1.15. The lowest BCUT2D eigenvalue weighted by Crippen LogP contribution is -2.08. The van der Waals surface area contributed by atoms with Crippen molar-refractivity contribution in [2.75, 3.05) is 0 Å². The van der Waals surface area contributed by atoms with Crippen LogP contribution in [0.1, 0.15) is 40.7 Å². The molecule has 4 heteroatoms. The summed E-state index contributed by atoms with van der Waals surface area (Å²) in [7, 11) is 0. The molecule has 0 atom stereocenters. The predicted molar refractivity (Wildman–Crippen MR) is 60.3 cm³/mol. The first-order chi connectivity index (χ1) is 7.55. The Morgan fingerprint density at radius 1 is 1.44 bits per heavy atom. The summed E-state index contributed by atoms with van der Waals surface area (Å²) >= 11 is 3.36. The second-order valence-corrected chi connectivity index (χ2v) is 5.51. The smallest absolute Gasteiger partial charge is 0.338 e. The number of hydrogen-bond donors (Lipinski definition) is 1. The molecule has 1 saturated carbocycles. The van der Waals surface area contributed by atoms with Crippen molar-refractivity contribution in [3.8, 4) is 0 Å². The zero-order valence-corrected chi connectivity index (χ0v) is 10.1. The van der Waals surface area contributed by atoms with Gasteiger partial charge in [0.05, 0.1) is 5.56 Å². The summed E-state index contributed by atoms with van der Waals surface area (Å²) in [6.07, 6.45) is 3.85. The van der Waals surface area contributed by atoms with Gasteiger partial charge in [0.2, 0.25) is 0 Å². The van der Waals surface area contributed by atoms with Gasteiger partial charge in [-0.05, 0) is 48.3 Å². The average molecular weight is 285 g/mol. The highest BCUT2D eigenvalue weighted by Crippen LogP contribution is 2.59. The summed E-state index contributed by atoms with van der Waals surface area (Å²) in [6.45, 7) is 0. The van der Waals surface area contributed by atoms with Crippen molar-refractivity contribution in [3.63, 3.8) is 0 Å². The molecule has 0 radical (unpaired) electrons. The predicted octanol–water partition coefficient (Wildman–Crippen LogP) is 3.26. The first-order valence-corrected chi connectivity index (χ1v) is 6.09. The van der Waals surface area contributed by atoms with Crippen molar-refractivity contribution in [1.29, 1.82) is 0 Å². The Morgan fingerprint density at radius 3 is 2.69 bits per heavy atom. The SMILES string of the molecule is O=C(O)c1c(F)cc(Br)c2c1CCC21CC1. The van der Waals surface area contributed by atoms with Crippen molar-refractivity contribution in [2.45, 2.75) is 31.1 Å². The van der Waals surface area contributed by atoms with Crippen LogP contribution in [0.5, 0.6) is 0 Å². The van der Waals surface area contributed by atoms with Gasteiger partial charge in [-0.3, -0.25) is 0 Å². The third kappa shape index (κ3) is 1.19. The maximum Gasteiger partial charge on any atom is 0.338 e. The third-order valence-electron chi connectivity index (χ3n) is 3.79. The molecule has 0 aromatic heterocycles. The minimum absolute atomic E-state index is 0.123. The molecule has 0 unspecified atom stereocenters. The summed E-state index contributed by atoms with van der Waals surface area (Å²) in [5.41, 5.74) is 1.79. The lowest BCUT2D eigenvalue weighted by Gasteiger charge is -2.12. The number of halogens is 2. The van der Waals surface area contributed by atoms with Crippen LogP contribution in [0.2, 0.25) is 0 Å². The van der Waals surface area contributed by atoms with Crippen LogP contribution in [0.3, 0.4) is 0 Å². The Bertz CT molecular complexity index is 506. The fraction of sp³-hybridized carbons (Fsp3) is 0.417. The summed E-state index contributed by atoms with van der Waals surface area (Å²) in [6, 6.07) is 1.30. The number of fused-ring (bicyclic) bond motifs is 2. The Morgan fingerprint density at radius 2 is 2.12 bits per heavy atom. The van der Waals surface area contributed by atoms with Crippen LogP contribution in [-0.4, -0.2) is 11.1 Å². The molecule has 0 bridgehead atoms. The molecule has 2 aliphatic rings. The Labute approximate surface area is 101 Å². The molecule has 1 aromatic carbocycles. The Balaban J connectivity index is 2.30. The van der Waals surface area contributed by atoms with Gasteiger partial charge in [0.1, 0.15) is 5.82 Å². The van der Waals surface area contributed by atoms with E-state index in [0.29, 0.717) is 12.0 Å². The lowest BCUT2D eigenvalue weighted by molar-refractivity contribution is 0.0690. The number of carboxylic acid groups (broad SMARTS) is 1. The topological polar surface area (TPSA) is 37.3 Å². The van der Waals surface area contributed by atoms with E-state index >= 15 is 0 Å². The third-order valence-corrected chi connectivity index (χ3v) is 4.41. The molecule has 3 rings (SSSR count). The van der Waals surface area contributed by atoms with Crippen molar-refractivity contribution < 1.29 is 14.3 Å². The lowest BCUT2D eigenvalue weighted by atomic mass is 9.96. The van der Waals surface area contributed by atoms with Crippen LogP contribution in [0.4, 0.5) is 4.39 Å². The van der Waals surface area contributed by atoms with Crippen LogP contribution >= 0.6 is 15.9 Å². The van der Waals surface area contributed by atoms with Gasteiger partial charge in [0.15, 0.2) is 0 Å². The number of rotatable bonds is 1. The van der Waals surface area contributed by atoms with Gasteiger partial charge in [0, 0.05) is 4.47 Å². The molecule has 0 aliphatic heterocycles. The second kappa shape index (κ2) is 3.06. The highest BCUT2D eigenvalue weighted by molar-refractivity contribution is 9.10. The number of aromatic carboxylic acids is 1. The van der Waals surface area contributed by atoms with Crippen LogP contribution in [0.25, 0.3) is 0 Å². The molecule has 16 heavy (non-hydrogen) atoms. The molecule has 0 saturated heterocycles. The Hall–Kier alpha value is -0.900. The zero-order chi connectivity index (χ0) is 11.5. The fourth-order valence-corrected chi connectivity index (χ4v) is 3.72. The highest BCUT2D eigenvalue weighted by atomic mass is 79.9. The van der Waals surface area contributed by atoms with Crippen LogP contribution in [0, 0.1) is 5.82 Å². The van der Waals surface area contributed by atoms with Crippen molar-refractivity contribution in [3.05, 3.63) is 33.0 Å². The van der Waals surface area contributed by atoms with Crippen LogP contribution in [0.15, 0.2) is 10.5 Å². The molecule has 2 aliphatic carbocycles. The van der Waals surface area contributed by atoms with Crippen molar-refractivity contribution >= 4 is 21.9 Å².